The Labute approximate surface area is 129 Å². The summed E-state index contributed by atoms with van der Waals surface area (Å²) < 4.78 is 0. The van der Waals surface area contributed by atoms with Gasteiger partial charge in [-0.15, -0.1) is 0 Å². The maximum atomic E-state index is 12.5. The molecule has 1 aromatic carbocycles. The molecule has 2 heterocycles. The highest BCUT2D eigenvalue weighted by Crippen LogP contribution is 2.35. The van der Waals surface area contributed by atoms with Gasteiger partial charge < -0.3 is 10.2 Å². The third-order valence-electron chi connectivity index (χ3n) is 3.93. The van der Waals surface area contributed by atoms with Crippen molar-refractivity contribution in [3.05, 3.63) is 59.9 Å². The number of nitrogens with one attached hydrogen (secondary N) is 1. The molecule has 1 N–H and O–H groups in total. The van der Waals surface area contributed by atoms with Gasteiger partial charge in [-0.25, -0.2) is 0 Å². The summed E-state index contributed by atoms with van der Waals surface area (Å²) in [6.45, 7) is 0.412. The summed E-state index contributed by atoms with van der Waals surface area (Å²) in [5.74, 6) is -0.602. The lowest BCUT2D eigenvalue weighted by Crippen LogP contribution is -2.39. The van der Waals surface area contributed by atoms with Gasteiger partial charge in [-0.05, 0) is 23.3 Å². The molecule has 0 saturated heterocycles. The number of amides is 2. The highest BCUT2D eigenvalue weighted by atomic mass is 16.2. The maximum absolute atomic E-state index is 12.5. The fraction of sp³-hybridized carbons (Fsp3) is 0.235. The Morgan fingerprint density at radius 1 is 1.32 bits per heavy atom. The number of nitrogens with zero attached hydrogens (tertiary/aromatic N) is 2. The molecular weight excluding hydrogens is 278 g/mol. The number of fused-ring (bicyclic) bond motifs is 1. The number of aromatic nitrogens is 1. The van der Waals surface area contributed by atoms with Crippen LogP contribution in [0.3, 0.4) is 0 Å². The summed E-state index contributed by atoms with van der Waals surface area (Å²) in [5.41, 5.74) is 2.64. The molecule has 3 rings (SSSR count). The van der Waals surface area contributed by atoms with E-state index in [1.165, 1.54) is 0 Å². The highest BCUT2D eigenvalue weighted by molar-refractivity contribution is 6.02. The third kappa shape index (κ3) is 2.70. The highest BCUT2D eigenvalue weighted by Gasteiger charge is 2.33. The van der Waals surface area contributed by atoms with Crippen molar-refractivity contribution in [1.29, 1.82) is 0 Å². The number of benzene rings is 1. The van der Waals surface area contributed by atoms with Crippen LogP contribution in [0.2, 0.25) is 0 Å². The minimum absolute atomic E-state index is 0.0415. The van der Waals surface area contributed by atoms with Crippen LogP contribution in [0.4, 0.5) is 5.69 Å². The van der Waals surface area contributed by atoms with Crippen molar-refractivity contribution in [1.82, 2.24) is 10.3 Å². The number of carbonyl (C=O) groups excluding carboxylic acids is 2. The predicted octanol–water partition coefficient (Wildman–Crippen LogP) is 1.85. The number of pyridine rings is 1. The Bertz CT molecular complexity index is 700. The zero-order valence-corrected chi connectivity index (χ0v) is 12.3. The van der Waals surface area contributed by atoms with Gasteiger partial charge in [0.1, 0.15) is 0 Å². The minimum Gasteiger partial charge on any atom is -0.351 e. The first-order valence-corrected chi connectivity index (χ1v) is 7.19. The molecule has 1 unspecified atom stereocenters. The number of anilines is 1. The lowest BCUT2D eigenvalue weighted by atomic mass is 9.89. The first-order valence-electron chi connectivity index (χ1n) is 7.19. The molecule has 1 atom stereocenters. The fourth-order valence-corrected chi connectivity index (χ4v) is 2.69. The third-order valence-corrected chi connectivity index (χ3v) is 3.93. The normalized spacial score (nSPS) is 17.0. The van der Waals surface area contributed by atoms with Gasteiger partial charge in [0.15, 0.2) is 0 Å². The first kappa shape index (κ1) is 14.3. The van der Waals surface area contributed by atoms with Crippen LogP contribution in [0.15, 0.2) is 48.8 Å². The summed E-state index contributed by atoms with van der Waals surface area (Å²) in [5, 5.41) is 2.90. The van der Waals surface area contributed by atoms with Crippen LogP contribution in [0.5, 0.6) is 0 Å². The quantitative estimate of drug-likeness (QED) is 0.940. The van der Waals surface area contributed by atoms with Crippen molar-refractivity contribution in [3.8, 4) is 0 Å². The second-order valence-corrected chi connectivity index (χ2v) is 5.35. The number of rotatable bonds is 3. The molecule has 2 amide bonds. The van der Waals surface area contributed by atoms with Crippen molar-refractivity contribution in [2.45, 2.75) is 18.9 Å². The SMILES string of the molecule is CN1C(=O)CC(C(=O)NCc2cccnc2)c2ccccc21. The van der Waals surface area contributed by atoms with Gasteiger partial charge in [0, 0.05) is 38.1 Å². The molecule has 0 bridgehead atoms. The smallest absolute Gasteiger partial charge is 0.228 e. The summed E-state index contributed by atoms with van der Waals surface area (Å²) in [6, 6.07) is 11.3. The molecule has 1 aliphatic heterocycles. The second kappa shape index (κ2) is 5.97. The molecular formula is C17H17N3O2. The van der Waals surface area contributed by atoms with Crippen molar-refractivity contribution < 1.29 is 9.59 Å². The van der Waals surface area contributed by atoms with Crippen molar-refractivity contribution >= 4 is 17.5 Å². The van der Waals surface area contributed by atoms with Gasteiger partial charge in [0.05, 0.1) is 5.92 Å². The average Bonchev–Trinajstić information content (AvgIpc) is 2.57. The zero-order chi connectivity index (χ0) is 15.5. The molecule has 0 aliphatic carbocycles. The lowest BCUT2D eigenvalue weighted by molar-refractivity contribution is -0.127. The van der Waals surface area contributed by atoms with Gasteiger partial charge >= 0.3 is 0 Å². The molecule has 1 aromatic heterocycles. The van der Waals surface area contributed by atoms with E-state index in [9.17, 15) is 9.59 Å². The standard InChI is InChI=1S/C17H17N3O2/c1-20-15-7-3-2-6-13(15)14(9-16(20)21)17(22)19-11-12-5-4-8-18-10-12/h2-8,10,14H,9,11H2,1H3,(H,19,22). The average molecular weight is 295 g/mol. The van der Waals surface area contributed by atoms with Gasteiger partial charge in [-0.3, -0.25) is 14.6 Å². The van der Waals surface area contributed by atoms with E-state index in [1.54, 1.807) is 24.3 Å². The molecule has 0 fully saturated rings. The molecule has 5 nitrogen and oxygen atoms in total. The largest absolute Gasteiger partial charge is 0.351 e. The van der Waals surface area contributed by atoms with E-state index in [1.807, 2.05) is 36.4 Å². The molecule has 22 heavy (non-hydrogen) atoms. The number of carbonyl (C=O) groups is 2. The summed E-state index contributed by atoms with van der Waals surface area (Å²) in [4.78, 5) is 30.2. The minimum atomic E-state index is -0.434. The summed E-state index contributed by atoms with van der Waals surface area (Å²) in [6.07, 6.45) is 3.61. The molecule has 1 aliphatic rings. The predicted molar refractivity (Wildman–Crippen MR) is 83.3 cm³/mol. The number of para-hydroxylation sites is 1. The van der Waals surface area contributed by atoms with E-state index < -0.39 is 5.92 Å². The molecule has 112 valence electrons. The fourth-order valence-electron chi connectivity index (χ4n) is 2.69. The van der Waals surface area contributed by atoms with E-state index in [-0.39, 0.29) is 18.2 Å². The van der Waals surface area contributed by atoms with Crippen LogP contribution >= 0.6 is 0 Å². The van der Waals surface area contributed by atoms with Gasteiger partial charge in [-0.1, -0.05) is 24.3 Å². The van der Waals surface area contributed by atoms with E-state index >= 15 is 0 Å². The summed E-state index contributed by atoms with van der Waals surface area (Å²) >= 11 is 0. The van der Waals surface area contributed by atoms with Crippen molar-refractivity contribution in [2.75, 3.05) is 11.9 Å². The maximum Gasteiger partial charge on any atom is 0.228 e. The Hall–Kier alpha value is -2.69. The van der Waals surface area contributed by atoms with Crippen LogP contribution in [0.1, 0.15) is 23.5 Å². The van der Waals surface area contributed by atoms with Gasteiger partial charge in [0.25, 0.3) is 0 Å². The number of hydrogen-bond donors (Lipinski definition) is 1. The van der Waals surface area contributed by atoms with Crippen LogP contribution in [0.25, 0.3) is 0 Å². The molecule has 2 aromatic rings. The molecule has 0 saturated carbocycles. The van der Waals surface area contributed by atoms with Crippen molar-refractivity contribution in [2.24, 2.45) is 0 Å². The van der Waals surface area contributed by atoms with Gasteiger partial charge in [0.2, 0.25) is 11.8 Å². The molecule has 0 spiro atoms. The van der Waals surface area contributed by atoms with Crippen LogP contribution in [-0.2, 0) is 16.1 Å². The van der Waals surface area contributed by atoms with E-state index in [2.05, 4.69) is 10.3 Å². The zero-order valence-electron chi connectivity index (χ0n) is 12.3. The Balaban J connectivity index is 1.78. The monoisotopic (exact) mass is 295 g/mol. The van der Waals surface area contributed by atoms with Gasteiger partial charge in [-0.2, -0.15) is 0 Å². The Kier molecular flexibility index (Phi) is 3.87. The van der Waals surface area contributed by atoms with Crippen molar-refractivity contribution in [3.63, 3.8) is 0 Å². The number of hydrogen-bond acceptors (Lipinski definition) is 3. The van der Waals surface area contributed by atoms with Crippen LogP contribution < -0.4 is 10.2 Å². The van der Waals surface area contributed by atoms with E-state index in [0.29, 0.717) is 6.54 Å². The molecule has 0 radical (unpaired) electrons. The lowest BCUT2D eigenvalue weighted by Gasteiger charge is -2.30. The first-order chi connectivity index (χ1) is 10.7. The van der Waals surface area contributed by atoms with Crippen LogP contribution in [-0.4, -0.2) is 23.8 Å². The molecule has 5 heteroatoms. The van der Waals surface area contributed by atoms with E-state index in [4.69, 9.17) is 0 Å². The Morgan fingerprint density at radius 3 is 2.91 bits per heavy atom. The van der Waals surface area contributed by atoms with Crippen LogP contribution in [0, 0.1) is 0 Å². The second-order valence-electron chi connectivity index (χ2n) is 5.35. The topological polar surface area (TPSA) is 62.3 Å². The summed E-state index contributed by atoms with van der Waals surface area (Å²) in [7, 11) is 1.74. The Morgan fingerprint density at radius 2 is 2.14 bits per heavy atom. The van der Waals surface area contributed by atoms with E-state index in [0.717, 1.165) is 16.8 Å².